The fraction of sp³-hybridized carbons (Fsp3) is 0.429. The van der Waals surface area contributed by atoms with E-state index in [1.807, 2.05) is 38.1 Å². The minimum absolute atomic E-state index is 0.0886. The highest BCUT2D eigenvalue weighted by Gasteiger charge is 2.03. The fourth-order valence-corrected chi connectivity index (χ4v) is 1.49. The van der Waals surface area contributed by atoms with Gasteiger partial charge in [0.15, 0.2) is 0 Å². The summed E-state index contributed by atoms with van der Waals surface area (Å²) in [5.41, 5.74) is 0.939. The lowest BCUT2D eigenvalue weighted by Gasteiger charge is -2.10. The van der Waals surface area contributed by atoms with Gasteiger partial charge in [0.25, 0.3) is 0 Å². The van der Waals surface area contributed by atoms with Crippen LogP contribution in [-0.2, 0) is 11.3 Å². The second-order valence-corrected chi connectivity index (χ2v) is 4.56. The summed E-state index contributed by atoms with van der Waals surface area (Å²) in [4.78, 5) is 21.7. The summed E-state index contributed by atoms with van der Waals surface area (Å²) in [5.74, 6) is -0.152. The van der Waals surface area contributed by atoms with Gasteiger partial charge in [-0.25, -0.2) is 4.79 Å². The zero-order valence-corrected chi connectivity index (χ0v) is 11.7. The van der Waals surface area contributed by atoms with Crippen molar-refractivity contribution in [2.75, 3.05) is 6.54 Å². The average Bonchev–Trinajstić information content (AvgIpc) is 2.37. The first-order valence-electron chi connectivity index (χ1n) is 6.46. The number of nitrogens with one attached hydrogen (secondary N) is 2. The van der Waals surface area contributed by atoms with Gasteiger partial charge < -0.3 is 20.5 Å². The molecule has 0 aliphatic rings. The molecule has 0 aromatic heterocycles. The Hall–Kier alpha value is -2.24. The van der Waals surface area contributed by atoms with Crippen molar-refractivity contribution < 1.29 is 19.4 Å². The van der Waals surface area contributed by atoms with Crippen molar-refractivity contribution in [3.8, 4) is 5.75 Å². The number of carbonyl (C=O) groups excluding carboxylic acids is 1. The summed E-state index contributed by atoms with van der Waals surface area (Å²) in [5, 5.41) is 13.6. The fourth-order valence-electron chi connectivity index (χ4n) is 1.49. The Morgan fingerprint density at radius 1 is 1.20 bits per heavy atom. The van der Waals surface area contributed by atoms with Crippen LogP contribution in [0.1, 0.15) is 25.8 Å². The Morgan fingerprint density at radius 3 is 2.40 bits per heavy atom. The summed E-state index contributed by atoms with van der Waals surface area (Å²) < 4.78 is 5.52. The standard InChI is InChI=1S/C14H20N2O4/c1-10(2)20-12-5-3-11(4-6-12)9-16-14(19)15-8-7-13(17)18/h3-6,10H,7-9H2,1-2H3,(H,17,18)(H2,15,16,19). The largest absolute Gasteiger partial charge is 0.491 e. The van der Waals surface area contributed by atoms with E-state index in [1.54, 1.807) is 0 Å². The van der Waals surface area contributed by atoms with Gasteiger partial charge in [-0.15, -0.1) is 0 Å². The predicted molar refractivity (Wildman–Crippen MR) is 74.7 cm³/mol. The van der Waals surface area contributed by atoms with E-state index in [0.29, 0.717) is 6.54 Å². The Balaban J connectivity index is 2.30. The number of rotatable bonds is 7. The first-order valence-corrected chi connectivity index (χ1v) is 6.46. The number of amides is 2. The van der Waals surface area contributed by atoms with Crippen molar-refractivity contribution in [2.24, 2.45) is 0 Å². The lowest BCUT2D eigenvalue weighted by molar-refractivity contribution is -0.136. The number of carboxylic acids is 1. The monoisotopic (exact) mass is 280 g/mol. The van der Waals surface area contributed by atoms with Gasteiger partial charge in [-0.3, -0.25) is 4.79 Å². The van der Waals surface area contributed by atoms with Crippen molar-refractivity contribution in [3.05, 3.63) is 29.8 Å². The number of urea groups is 1. The summed E-state index contributed by atoms with van der Waals surface area (Å²) in [7, 11) is 0. The molecular formula is C14H20N2O4. The van der Waals surface area contributed by atoms with Crippen LogP contribution in [0.4, 0.5) is 4.79 Å². The molecule has 6 nitrogen and oxygen atoms in total. The number of carboxylic acid groups (broad SMARTS) is 1. The van der Waals surface area contributed by atoms with Crippen LogP contribution in [-0.4, -0.2) is 29.8 Å². The van der Waals surface area contributed by atoms with E-state index < -0.39 is 5.97 Å². The van der Waals surface area contributed by atoms with Crippen LogP contribution in [0.5, 0.6) is 5.75 Å². The minimum Gasteiger partial charge on any atom is -0.491 e. The molecule has 110 valence electrons. The van der Waals surface area contributed by atoms with Crippen molar-refractivity contribution >= 4 is 12.0 Å². The molecule has 1 aromatic carbocycles. The highest BCUT2D eigenvalue weighted by atomic mass is 16.5. The quantitative estimate of drug-likeness (QED) is 0.710. The molecule has 20 heavy (non-hydrogen) atoms. The lowest BCUT2D eigenvalue weighted by atomic mass is 10.2. The van der Waals surface area contributed by atoms with Crippen LogP contribution in [0.25, 0.3) is 0 Å². The van der Waals surface area contributed by atoms with E-state index in [9.17, 15) is 9.59 Å². The second-order valence-electron chi connectivity index (χ2n) is 4.56. The molecule has 0 atom stereocenters. The van der Waals surface area contributed by atoms with Gasteiger partial charge in [0, 0.05) is 13.1 Å². The maximum atomic E-state index is 11.4. The Labute approximate surface area is 118 Å². The molecule has 0 fully saturated rings. The third kappa shape index (κ3) is 6.63. The zero-order valence-electron chi connectivity index (χ0n) is 11.7. The molecule has 6 heteroatoms. The number of hydrogen-bond donors (Lipinski definition) is 3. The van der Waals surface area contributed by atoms with E-state index in [4.69, 9.17) is 9.84 Å². The van der Waals surface area contributed by atoms with Crippen molar-refractivity contribution in [2.45, 2.75) is 32.9 Å². The molecular weight excluding hydrogens is 260 g/mol. The van der Waals surface area contributed by atoms with Gasteiger partial charge in [0.05, 0.1) is 12.5 Å². The molecule has 0 aliphatic carbocycles. The molecule has 0 radical (unpaired) electrons. The molecule has 0 bridgehead atoms. The maximum Gasteiger partial charge on any atom is 0.315 e. The minimum atomic E-state index is -0.939. The predicted octanol–water partition coefficient (Wildman–Crippen LogP) is 1.75. The second kappa shape index (κ2) is 8.04. The van der Waals surface area contributed by atoms with Gasteiger partial charge in [-0.1, -0.05) is 12.1 Å². The van der Waals surface area contributed by atoms with Gasteiger partial charge in [-0.2, -0.15) is 0 Å². The van der Waals surface area contributed by atoms with Crippen LogP contribution in [0.3, 0.4) is 0 Å². The number of hydrogen-bond acceptors (Lipinski definition) is 3. The van der Waals surface area contributed by atoms with Crippen LogP contribution in [0.15, 0.2) is 24.3 Å². The Morgan fingerprint density at radius 2 is 1.85 bits per heavy atom. The molecule has 2 amide bonds. The normalized spacial score (nSPS) is 10.2. The van der Waals surface area contributed by atoms with E-state index in [-0.39, 0.29) is 25.1 Å². The van der Waals surface area contributed by atoms with E-state index in [2.05, 4.69) is 10.6 Å². The molecule has 0 spiro atoms. The van der Waals surface area contributed by atoms with Gasteiger partial charge in [0.1, 0.15) is 5.75 Å². The molecule has 0 saturated carbocycles. The van der Waals surface area contributed by atoms with E-state index in [1.165, 1.54) is 0 Å². The number of aliphatic carboxylic acids is 1. The third-order valence-electron chi connectivity index (χ3n) is 2.37. The molecule has 0 saturated heterocycles. The van der Waals surface area contributed by atoms with Gasteiger partial charge in [-0.05, 0) is 31.5 Å². The van der Waals surface area contributed by atoms with Crippen LogP contribution in [0, 0.1) is 0 Å². The Bertz CT molecular complexity index is 443. The maximum absolute atomic E-state index is 11.4. The first kappa shape index (κ1) is 15.8. The third-order valence-corrected chi connectivity index (χ3v) is 2.37. The number of carbonyl (C=O) groups is 2. The average molecular weight is 280 g/mol. The van der Waals surface area contributed by atoms with E-state index >= 15 is 0 Å². The zero-order chi connectivity index (χ0) is 15.0. The topological polar surface area (TPSA) is 87.7 Å². The van der Waals surface area contributed by atoms with Crippen molar-refractivity contribution in [3.63, 3.8) is 0 Å². The summed E-state index contributed by atoms with van der Waals surface area (Å²) in [6.45, 7) is 4.40. The Kier molecular flexibility index (Phi) is 6.36. The van der Waals surface area contributed by atoms with Crippen molar-refractivity contribution in [1.82, 2.24) is 10.6 Å². The van der Waals surface area contributed by atoms with E-state index in [0.717, 1.165) is 11.3 Å². The summed E-state index contributed by atoms with van der Waals surface area (Å²) in [6, 6.07) is 7.05. The first-order chi connectivity index (χ1) is 9.47. The highest BCUT2D eigenvalue weighted by Crippen LogP contribution is 2.13. The highest BCUT2D eigenvalue weighted by molar-refractivity contribution is 5.74. The van der Waals surface area contributed by atoms with Gasteiger partial charge >= 0.3 is 12.0 Å². The molecule has 0 heterocycles. The summed E-state index contributed by atoms with van der Waals surface area (Å²) in [6.07, 6.45) is 0.0354. The van der Waals surface area contributed by atoms with Crippen molar-refractivity contribution in [1.29, 1.82) is 0 Å². The molecule has 3 N–H and O–H groups in total. The van der Waals surface area contributed by atoms with Crippen LogP contribution >= 0.6 is 0 Å². The number of ether oxygens (including phenoxy) is 1. The van der Waals surface area contributed by atoms with Gasteiger partial charge in [0.2, 0.25) is 0 Å². The van der Waals surface area contributed by atoms with Crippen LogP contribution < -0.4 is 15.4 Å². The molecule has 1 rings (SSSR count). The smallest absolute Gasteiger partial charge is 0.315 e. The molecule has 0 aliphatic heterocycles. The molecule has 0 unspecified atom stereocenters. The van der Waals surface area contributed by atoms with Crippen LogP contribution in [0.2, 0.25) is 0 Å². The lowest BCUT2D eigenvalue weighted by Crippen LogP contribution is -2.36. The summed E-state index contributed by atoms with van der Waals surface area (Å²) >= 11 is 0. The number of benzene rings is 1. The molecule has 1 aromatic rings. The SMILES string of the molecule is CC(C)Oc1ccc(CNC(=O)NCCC(=O)O)cc1.